The first-order chi connectivity index (χ1) is 26.5. The Bertz CT molecular complexity index is 2730. The van der Waals surface area contributed by atoms with E-state index in [-0.39, 0.29) is 10.8 Å². The van der Waals surface area contributed by atoms with Gasteiger partial charge in [0.15, 0.2) is 0 Å². The molecule has 9 rings (SSSR count). The number of hydrogen-bond acceptors (Lipinski definition) is 1. The fraction of sp³-hybridized carbons (Fsp3) is 0.151. The molecule has 0 saturated carbocycles. The highest BCUT2D eigenvalue weighted by Crippen LogP contribution is 2.39. The Labute approximate surface area is 324 Å². The van der Waals surface area contributed by atoms with Gasteiger partial charge in [-0.05, 0) is 104 Å². The van der Waals surface area contributed by atoms with Gasteiger partial charge in [-0.2, -0.15) is 0 Å². The maximum Gasteiger partial charge on any atom is 0.0781 e. The fourth-order valence-electron chi connectivity index (χ4n) is 8.10. The molecule has 0 bridgehead atoms. The molecule has 268 valence electrons. The van der Waals surface area contributed by atoms with Crippen molar-refractivity contribution in [2.45, 2.75) is 52.4 Å². The quantitative estimate of drug-likeness (QED) is 0.174. The summed E-state index contributed by atoms with van der Waals surface area (Å²) in [6.07, 6.45) is 1.96. The standard InChI is InChI=1S/C53H46N2/c1-52(2,3)42-25-21-35(22-26-42)39-32-40(36-23-27-43(28-24-36)53(4,5)6)34-41(33-39)37-13-11-14-38(31-37)51-47-17-12-20-50(46(47)29-30-54-51)55-48-18-9-7-15-44(48)45-16-8-10-19-49(45)55/h7-34H,1-6H3. The third-order valence-electron chi connectivity index (χ3n) is 11.2. The number of aromatic nitrogens is 2. The van der Waals surface area contributed by atoms with Crippen molar-refractivity contribution < 1.29 is 0 Å². The van der Waals surface area contributed by atoms with E-state index >= 15 is 0 Å². The summed E-state index contributed by atoms with van der Waals surface area (Å²) in [4.78, 5) is 5.04. The minimum Gasteiger partial charge on any atom is -0.309 e. The summed E-state index contributed by atoms with van der Waals surface area (Å²) in [6, 6.07) is 60.3. The molecule has 0 aliphatic rings. The Morgan fingerprint density at radius 1 is 0.364 bits per heavy atom. The minimum absolute atomic E-state index is 0.0979. The van der Waals surface area contributed by atoms with Gasteiger partial charge in [-0.3, -0.25) is 4.98 Å². The van der Waals surface area contributed by atoms with Crippen LogP contribution >= 0.6 is 0 Å². The van der Waals surface area contributed by atoms with Gasteiger partial charge in [-0.15, -0.1) is 0 Å². The molecule has 2 heterocycles. The SMILES string of the molecule is CC(C)(C)c1ccc(-c2cc(-c3ccc(C(C)(C)C)cc3)cc(-c3cccc(-c4nccc5c(-n6c7ccccc7c7ccccc76)cccc45)c3)c2)cc1. The van der Waals surface area contributed by atoms with Crippen LogP contribution in [0.5, 0.6) is 0 Å². The third kappa shape index (κ3) is 6.32. The Morgan fingerprint density at radius 3 is 1.36 bits per heavy atom. The zero-order valence-corrected chi connectivity index (χ0v) is 32.6. The number of benzene rings is 7. The van der Waals surface area contributed by atoms with Crippen molar-refractivity contribution in [1.29, 1.82) is 0 Å². The highest BCUT2D eigenvalue weighted by Gasteiger charge is 2.18. The molecule has 0 unspecified atom stereocenters. The first-order valence-corrected chi connectivity index (χ1v) is 19.4. The van der Waals surface area contributed by atoms with E-state index in [0.29, 0.717) is 0 Å². The van der Waals surface area contributed by atoms with Crippen LogP contribution in [0.15, 0.2) is 170 Å². The van der Waals surface area contributed by atoms with Gasteiger partial charge in [0.05, 0.1) is 22.4 Å². The van der Waals surface area contributed by atoms with Crippen LogP contribution in [0.3, 0.4) is 0 Å². The second-order valence-corrected chi connectivity index (χ2v) is 16.9. The van der Waals surface area contributed by atoms with Gasteiger partial charge in [-0.25, -0.2) is 0 Å². The molecule has 0 atom stereocenters. The second kappa shape index (κ2) is 13.2. The van der Waals surface area contributed by atoms with Gasteiger partial charge < -0.3 is 4.57 Å². The molecule has 0 aliphatic carbocycles. The summed E-state index contributed by atoms with van der Waals surface area (Å²) in [5.41, 5.74) is 15.7. The zero-order valence-electron chi connectivity index (χ0n) is 32.6. The molecule has 0 spiro atoms. The molecule has 55 heavy (non-hydrogen) atoms. The number of para-hydroxylation sites is 2. The maximum atomic E-state index is 5.04. The zero-order chi connectivity index (χ0) is 37.9. The summed E-state index contributed by atoms with van der Waals surface area (Å²) < 4.78 is 2.41. The smallest absolute Gasteiger partial charge is 0.0781 e. The van der Waals surface area contributed by atoms with Crippen molar-refractivity contribution in [3.8, 4) is 50.3 Å². The summed E-state index contributed by atoms with van der Waals surface area (Å²) in [5, 5.41) is 4.82. The van der Waals surface area contributed by atoms with Crippen molar-refractivity contribution in [2.24, 2.45) is 0 Å². The molecule has 0 saturated heterocycles. The lowest BCUT2D eigenvalue weighted by Crippen LogP contribution is -2.10. The van der Waals surface area contributed by atoms with Crippen LogP contribution in [0.4, 0.5) is 0 Å². The largest absolute Gasteiger partial charge is 0.309 e. The maximum absolute atomic E-state index is 5.04. The van der Waals surface area contributed by atoms with Gasteiger partial charge in [0, 0.05) is 33.3 Å². The minimum atomic E-state index is 0.0979. The lowest BCUT2D eigenvalue weighted by atomic mass is 9.85. The van der Waals surface area contributed by atoms with E-state index in [0.717, 1.165) is 27.9 Å². The van der Waals surface area contributed by atoms with E-state index in [1.807, 2.05) is 6.20 Å². The lowest BCUT2D eigenvalue weighted by Gasteiger charge is -2.20. The van der Waals surface area contributed by atoms with Crippen molar-refractivity contribution in [3.05, 3.63) is 181 Å². The molecular weight excluding hydrogens is 665 g/mol. The summed E-state index contributed by atoms with van der Waals surface area (Å²) >= 11 is 0. The van der Waals surface area contributed by atoms with Gasteiger partial charge in [-0.1, -0.05) is 157 Å². The van der Waals surface area contributed by atoms with Crippen LogP contribution in [0.25, 0.3) is 82.9 Å². The molecule has 2 heteroatoms. The molecule has 0 radical (unpaired) electrons. The van der Waals surface area contributed by atoms with Crippen molar-refractivity contribution in [2.75, 3.05) is 0 Å². The first-order valence-electron chi connectivity index (χ1n) is 19.4. The van der Waals surface area contributed by atoms with Crippen LogP contribution in [-0.2, 0) is 10.8 Å². The van der Waals surface area contributed by atoms with Gasteiger partial charge >= 0.3 is 0 Å². The molecular formula is C53H46N2. The predicted molar refractivity (Wildman–Crippen MR) is 235 cm³/mol. The van der Waals surface area contributed by atoms with Crippen molar-refractivity contribution in [1.82, 2.24) is 9.55 Å². The number of hydrogen-bond donors (Lipinski definition) is 0. The normalized spacial score (nSPS) is 12.2. The number of pyridine rings is 1. The highest BCUT2D eigenvalue weighted by atomic mass is 15.0. The third-order valence-corrected chi connectivity index (χ3v) is 11.2. The number of fused-ring (bicyclic) bond motifs is 4. The summed E-state index contributed by atoms with van der Waals surface area (Å²) in [5.74, 6) is 0. The molecule has 2 aromatic heterocycles. The molecule has 0 aliphatic heterocycles. The summed E-state index contributed by atoms with van der Waals surface area (Å²) in [7, 11) is 0. The predicted octanol–water partition coefficient (Wildman–Crippen LogP) is 14.6. The fourth-order valence-corrected chi connectivity index (χ4v) is 8.10. The van der Waals surface area contributed by atoms with E-state index in [9.17, 15) is 0 Å². The Morgan fingerprint density at radius 2 is 0.818 bits per heavy atom. The average molecular weight is 711 g/mol. The van der Waals surface area contributed by atoms with Crippen molar-refractivity contribution in [3.63, 3.8) is 0 Å². The molecule has 0 amide bonds. The molecule has 7 aromatic carbocycles. The van der Waals surface area contributed by atoms with E-state index in [2.05, 4.69) is 210 Å². The monoisotopic (exact) mass is 710 g/mol. The van der Waals surface area contributed by atoms with Crippen LogP contribution in [0, 0.1) is 0 Å². The van der Waals surface area contributed by atoms with E-state index in [1.165, 1.54) is 66.1 Å². The van der Waals surface area contributed by atoms with Gasteiger partial charge in [0.2, 0.25) is 0 Å². The molecule has 0 N–H and O–H groups in total. The van der Waals surface area contributed by atoms with Crippen LogP contribution in [0.1, 0.15) is 52.7 Å². The Balaban J connectivity index is 1.18. The second-order valence-electron chi connectivity index (χ2n) is 16.9. The number of rotatable bonds is 5. The van der Waals surface area contributed by atoms with Gasteiger partial charge in [0.1, 0.15) is 0 Å². The average Bonchev–Trinajstić information content (AvgIpc) is 3.54. The van der Waals surface area contributed by atoms with Crippen LogP contribution in [0.2, 0.25) is 0 Å². The van der Waals surface area contributed by atoms with Crippen LogP contribution in [-0.4, -0.2) is 9.55 Å². The van der Waals surface area contributed by atoms with E-state index < -0.39 is 0 Å². The molecule has 0 fully saturated rings. The van der Waals surface area contributed by atoms with E-state index in [4.69, 9.17) is 4.98 Å². The molecule has 9 aromatic rings. The van der Waals surface area contributed by atoms with E-state index in [1.54, 1.807) is 0 Å². The highest BCUT2D eigenvalue weighted by molar-refractivity contribution is 6.11. The lowest BCUT2D eigenvalue weighted by molar-refractivity contribution is 0.590. The first kappa shape index (κ1) is 34.5. The Hall–Kier alpha value is -6.25. The number of nitrogens with zero attached hydrogens (tertiary/aromatic N) is 2. The molecule has 2 nitrogen and oxygen atoms in total. The van der Waals surface area contributed by atoms with Gasteiger partial charge in [0.25, 0.3) is 0 Å². The topological polar surface area (TPSA) is 17.8 Å². The van der Waals surface area contributed by atoms with Crippen molar-refractivity contribution >= 4 is 32.6 Å². The van der Waals surface area contributed by atoms with Crippen LogP contribution < -0.4 is 0 Å². The summed E-state index contributed by atoms with van der Waals surface area (Å²) in [6.45, 7) is 13.6. The Kier molecular flexibility index (Phi) is 8.31.